The number of aliphatic hydroxyl groups is 1. The molecule has 0 spiro atoms. The molecule has 0 saturated heterocycles. The van der Waals surface area contributed by atoms with Crippen molar-refractivity contribution >= 4 is 23.0 Å². The molecule has 0 amide bonds. The van der Waals surface area contributed by atoms with Gasteiger partial charge in [-0.3, -0.25) is 4.40 Å². The predicted molar refractivity (Wildman–Crippen MR) is 141 cm³/mol. The molecular weight excluding hydrogens is 464 g/mol. The molecule has 0 aliphatic heterocycles. The summed E-state index contributed by atoms with van der Waals surface area (Å²) in [7, 11) is 0. The molecule has 4 bridgehead atoms. The van der Waals surface area contributed by atoms with Crippen molar-refractivity contribution in [2.75, 3.05) is 10.6 Å². The van der Waals surface area contributed by atoms with Gasteiger partial charge in [0, 0.05) is 17.9 Å². The molecule has 4 saturated carbocycles. The summed E-state index contributed by atoms with van der Waals surface area (Å²) in [6, 6.07) is 3.96. The fraction of sp³-hybridized carbons (Fsp3) is 0.464. The van der Waals surface area contributed by atoms with Crippen LogP contribution in [0.2, 0.25) is 0 Å². The van der Waals surface area contributed by atoms with Crippen molar-refractivity contribution in [3.8, 4) is 11.4 Å². The van der Waals surface area contributed by atoms with Crippen molar-refractivity contribution in [3.63, 3.8) is 0 Å². The number of anilines is 3. The Morgan fingerprint density at radius 3 is 2.35 bits per heavy atom. The molecule has 9 heteroatoms. The Labute approximate surface area is 215 Å². The number of aromatic nitrogens is 6. The maximum absolute atomic E-state index is 11.5. The highest BCUT2D eigenvalue weighted by molar-refractivity contribution is 5.67. The minimum absolute atomic E-state index is 0.146. The third-order valence-corrected chi connectivity index (χ3v) is 8.51. The molecule has 4 heterocycles. The van der Waals surface area contributed by atoms with Gasteiger partial charge in [0.25, 0.3) is 0 Å². The normalized spacial score (nSPS) is 32.1. The summed E-state index contributed by atoms with van der Waals surface area (Å²) in [5.74, 6) is 0.615. The summed E-state index contributed by atoms with van der Waals surface area (Å²) in [4.78, 5) is 22.5. The van der Waals surface area contributed by atoms with Crippen molar-refractivity contribution < 1.29 is 5.11 Å². The van der Waals surface area contributed by atoms with E-state index in [-0.39, 0.29) is 16.4 Å². The van der Waals surface area contributed by atoms with E-state index in [1.165, 1.54) is 12.7 Å². The van der Waals surface area contributed by atoms with Crippen LogP contribution in [0.15, 0.2) is 49.4 Å². The fourth-order valence-corrected chi connectivity index (χ4v) is 8.52. The Morgan fingerprint density at radius 2 is 1.62 bits per heavy atom. The summed E-state index contributed by atoms with van der Waals surface area (Å²) < 4.78 is 2.04. The van der Waals surface area contributed by atoms with Gasteiger partial charge in [-0.15, -0.1) is 0 Å². The van der Waals surface area contributed by atoms with Gasteiger partial charge in [-0.05, 0) is 74.0 Å². The van der Waals surface area contributed by atoms with Crippen LogP contribution in [0.1, 0.15) is 57.9 Å². The standard InChI is InChI=1S/C28H32N8O/c1-18-6-32-24(35-27-12-25(2)11-26(3,13-27)15-28(37,14-25)16-27)34-23(18)21-9-31-22-5-4-19(10-36(21)22)33-20-7-29-17-30-8-20/h4-10,17,33,37H,11-16H2,1-3H3,(H,32,34,35). The zero-order chi connectivity index (χ0) is 25.5. The Bertz CT molecular complexity index is 1460. The van der Waals surface area contributed by atoms with Crippen LogP contribution in [-0.4, -0.2) is 45.6 Å². The first-order valence-corrected chi connectivity index (χ1v) is 13.0. The maximum atomic E-state index is 11.5. The number of hydrogen-bond donors (Lipinski definition) is 3. The van der Waals surface area contributed by atoms with Crippen LogP contribution < -0.4 is 10.6 Å². The van der Waals surface area contributed by atoms with E-state index in [9.17, 15) is 5.11 Å². The molecule has 37 heavy (non-hydrogen) atoms. The van der Waals surface area contributed by atoms with Gasteiger partial charge in [-0.25, -0.2) is 24.9 Å². The largest absolute Gasteiger partial charge is 0.390 e. The maximum Gasteiger partial charge on any atom is 0.223 e. The molecule has 2 atom stereocenters. The van der Waals surface area contributed by atoms with Crippen LogP contribution in [0.5, 0.6) is 0 Å². The monoisotopic (exact) mass is 496 g/mol. The van der Waals surface area contributed by atoms with Crippen molar-refractivity contribution in [2.45, 2.75) is 70.4 Å². The van der Waals surface area contributed by atoms with Crippen LogP contribution >= 0.6 is 0 Å². The zero-order valence-corrected chi connectivity index (χ0v) is 21.5. The van der Waals surface area contributed by atoms with E-state index < -0.39 is 5.60 Å². The van der Waals surface area contributed by atoms with Gasteiger partial charge in [0.05, 0.1) is 47.0 Å². The van der Waals surface area contributed by atoms with Crippen molar-refractivity contribution in [3.05, 3.63) is 55.0 Å². The Balaban J connectivity index is 1.23. The van der Waals surface area contributed by atoms with Crippen LogP contribution in [0.25, 0.3) is 17.0 Å². The first-order chi connectivity index (χ1) is 17.6. The van der Waals surface area contributed by atoms with Gasteiger partial charge < -0.3 is 15.7 Å². The van der Waals surface area contributed by atoms with Gasteiger partial charge in [-0.2, -0.15) is 0 Å². The van der Waals surface area contributed by atoms with E-state index in [0.717, 1.165) is 66.1 Å². The van der Waals surface area contributed by atoms with Gasteiger partial charge in [-0.1, -0.05) is 13.8 Å². The second-order valence-electron chi connectivity index (χ2n) is 12.6. The van der Waals surface area contributed by atoms with Crippen LogP contribution in [0.4, 0.5) is 17.3 Å². The SMILES string of the molecule is Cc1cnc(NC23CC4(C)CC(C)(CC(O)(C4)C2)C3)nc1-c1cnc2ccc(Nc3cncnc3)cn12. The van der Waals surface area contributed by atoms with E-state index in [4.69, 9.17) is 4.98 Å². The molecule has 2 unspecified atom stereocenters. The lowest BCUT2D eigenvalue weighted by atomic mass is 9.41. The van der Waals surface area contributed by atoms with E-state index in [0.29, 0.717) is 5.95 Å². The quantitative estimate of drug-likeness (QED) is 0.357. The highest BCUT2D eigenvalue weighted by Crippen LogP contribution is 2.68. The first-order valence-electron chi connectivity index (χ1n) is 13.0. The number of nitrogens with one attached hydrogen (secondary N) is 2. The summed E-state index contributed by atoms with van der Waals surface area (Å²) >= 11 is 0. The summed E-state index contributed by atoms with van der Waals surface area (Å²) in [5, 5.41) is 18.6. The zero-order valence-electron chi connectivity index (χ0n) is 21.5. The molecule has 8 rings (SSSR count). The molecule has 0 radical (unpaired) electrons. The van der Waals surface area contributed by atoms with E-state index in [2.05, 4.69) is 44.4 Å². The summed E-state index contributed by atoms with van der Waals surface area (Å²) in [5.41, 5.74) is 4.76. The average Bonchev–Trinajstić information content (AvgIpc) is 3.21. The smallest absolute Gasteiger partial charge is 0.223 e. The van der Waals surface area contributed by atoms with E-state index in [1.54, 1.807) is 12.4 Å². The third-order valence-electron chi connectivity index (χ3n) is 8.51. The van der Waals surface area contributed by atoms with E-state index in [1.807, 2.05) is 42.0 Å². The highest BCUT2D eigenvalue weighted by atomic mass is 16.3. The molecule has 4 aliphatic rings. The third kappa shape index (κ3) is 3.83. The summed E-state index contributed by atoms with van der Waals surface area (Å²) in [6.07, 6.45) is 16.5. The molecule has 4 aromatic rings. The molecule has 190 valence electrons. The molecule has 9 nitrogen and oxygen atoms in total. The first kappa shape index (κ1) is 22.6. The van der Waals surface area contributed by atoms with Crippen LogP contribution in [-0.2, 0) is 0 Å². The number of pyridine rings is 1. The summed E-state index contributed by atoms with van der Waals surface area (Å²) in [6.45, 7) is 6.71. The van der Waals surface area contributed by atoms with Crippen molar-refractivity contribution in [1.82, 2.24) is 29.3 Å². The van der Waals surface area contributed by atoms with Crippen molar-refractivity contribution in [1.29, 1.82) is 0 Å². The average molecular weight is 497 g/mol. The molecule has 0 aromatic carbocycles. The number of rotatable bonds is 5. The van der Waals surface area contributed by atoms with Crippen LogP contribution in [0, 0.1) is 17.8 Å². The fourth-order valence-electron chi connectivity index (χ4n) is 8.52. The topological polar surface area (TPSA) is 113 Å². The molecule has 4 aromatic heterocycles. The molecule has 4 aliphatic carbocycles. The molecular formula is C28H32N8O. The van der Waals surface area contributed by atoms with Crippen LogP contribution in [0.3, 0.4) is 0 Å². The lowest BCUT2D eigenvalue weighted by Gasteiger charge is -2.68. The number of imidazole rings is 1. The second kappa shape index (κ2) is 7.47. The van der Waals surface area contributed by atoms with Gasteiger partial charge >= 0.3 is 0 Å². The number of nitrogens with zero attached hydrogens (tertiary/aromatic N) is 6. The van der Waals surface area contributed by atoms with Gasteiger partial charge in [0.2, 0.25) is 5.95 Å². The lowest BCUT2D eigenvalue weighted by Crippen LogP contribution is -2.67. The lowest BCUT2D eigenvalue weighted by molar-refractivity contribution is -0.192. The van der Waals surface area contributed by atoms with Gasteiger partial charge in [0.1, 0.15) is 12.0 Å². The molecule has 3 N–H and O–H groups in total. The highest BCUT2D eigenvalue weighted by Gasteiger charge is 2.65. The Kier molecular flexibility index (Phi) is 4.56. The minimum atomic E-state index is -0.604. The Morgan fingerprint density at radius 1 is 0.865 bits per heavy atom. The number of hydrogen-bond acceptors (Lipinski definition) is 8. The van der Waals surface area contributed by atoms with E-state index >= 15 is 0 Å². The predicted octanol–water partition coefficient (Wildman–Crippen LogP) is 4.91. The number of fused-ring (bicyclic) bond motifs is 1. The van der Waals surface area contributed by atoms with Crippen molar-refractivity contribution in [2.24, 2.45) is 10.8 Å². The minimum Gasteiger partial charge on any atom is -0.390 e. The molecule has 4 fully saturated rings. The number of aryl methyl sites for hydroxylation is 1. The Hall–Kier alpha value is -3.59. The van der Waals surface area contributed by atoms with Gasteiger partial charge in [0.15, 0.2) is 0 Å². The second-order valence-corrected chi connectivity index (χ2v) is 12.6.